The average Bonchev–Trinajstić information content (AvgIpc) is 2.85. The topological polar surface area (TPSA) is 81.1 Å². The highest BCUT2D eigenvalue weighted by atomic mass is 16.4. The first-order valence-corrected chi connectivity index (χ1v) is 7.41. The molecule has 2 rings (SSSR count). The van der Waals surface area contributed by atoms with Crippen LogP contribution in [0.15, 0.2) is 0 Å². The summed E-state index contributed by atoms with van der Waals surface area (Å²) in [5, 5.41) is 18.4. The normalized spacial score (nSPS) is 25.8. The van der Waals surface area contributed by atoms with Crippen LogP contribution in [0.4, 0.5) is 4.79 Å². The van der Waals surface area contributed by atoms with Gasteiger partial charge in [-0.1, -0.05) is 0 Å². The third kappa shape index (κ3) is 3.62. The zero-order valence-corrected chi connectivity index (χ0v) is 12.0. The Morgan fingerprint density at radius 3 is 2.30 bits per heavy atom. The summed E-state index contributed by atoms with van der Waals surface area (Å²) < 4.78 is 0. The number of hydrogen-bond donors (Lipinski definition) is 2. The molecule has 0 aromatic heterocycles. The maximum absolute atomic E-state index is 12.4. The lowest BCUT2D eigenvalue weighted by atomic mass is 9.92. The molecule has 0 aliphatic carbocycles. The third-order valence-electron chi connectivity index (χ3n) is 4.51. The highest BCUT2D eigenvalue weighted by Crippen LogP contribution is 2.24. The number of carboxylic acid groups (broad SMARTS) is 1. The first kappa shape index (κ1) is 15.1. The largest absolute Gasteiger partial charge is 0.481 e. The van der Waals surface area contributed by atoms with E-state index < -0.39 is 5.97 Å². The maximum atomic E-state index is 12.4. The molecule has 0 saturated carbocycles. The Morgan fingerprint density at radius 2 is 1.75 bits per heavy atom. The Bertz CT molecular complexity index is 364. The van der Waals surface area contributed by atoms with Crippen molar-refractivity contribution in [2.24, 2.45) is 11.8 Å². The number of likely N-dealkylation sites (tertiary alicyclic amines) is 2. The van der Waals surface area contributed by atoms with Gasteiger partial charge in [0.25, 0.3) is 0 Å². The van der Waals surface area contributed by atoms with E-state index in [-0.39, 0.29) is 30.4 Å². The molecule has 2 N–H and O–H groups in total. The van der Waals surface area contributed by atoms with E-state index in [1.54, 1.807) is 11.8 Å². The lowest BCUT2D eigenvalue weighted by Gasteiger charge is -2.35. The van der Waals surface area contributed by atoms with Crippen molar-refractivity contribution >= 4 is 12.0 Å². The summed E-state index contributed by atoms with van der Waals surface area (Å²) in [4.78, 5) is 26.7. The zero-order valence-electron chi connectivity index (χ0n) is 12.0. The van der Waals surface area contributed by atoms with Crippen LogP contribution in [0.3, 0.4) is 0 Å². The van der Waals surface area contributed by atoms with Gasteiger partial charge in [-0.3, -0.25) is 4.79 Å². The minimum absolute atomic E-state index is 0.0296. The van der Waals surface area contributed by atoms with Crippen molar-refractivity contribution in [3.63, 3.8) is 0 Å². The maximum Gasteiger partial charge on any atom is 0.320 e. The Balaban J connectivity index is 1.80. The van der Waals surface area contributed by atoms with Gasteiger partial charge in [-0.25, -0.2) is 4.79 Å². The summed E-state index contributed by atoms with van der Waals surface area (Å²) >= 11 is 0. The molecule has 6 nitrogen and oxygen atoms in total. The van der Waals surface area contributed by atoms with E-state index in [1.165, 1.54) is 0 Å². The van der Waals surface area contributed by atoms with Gasteiger partial charge in [-0.15, -0.1) is 0 Å². The number of urea groups is 1. The molecule has 6 heteroatoms. The van der Waals surface area contributed by atoms with Crippen LogP contribution in [0.25, 0.3) is 0 Å². The number of aliphatic hydroxyl groups is 1. The van der Waals surface area contributed by atoms with Crippen LogP contribution in [0.2, 0.25) is 0 Å². The second kappa shape index (κ2) is 6.43. The summed E-state index contributed by atoms with van der Waals surface area (Å²) in [6.45, 7) is 4.40. The van der Waals surface area contributed by atoms with Gasteiger partial charge in [0.05, 0.1) is 6.10 Å². The Labute approximate surface area is 119 Å². The summed E-state index contributed by atoms with van der Waals surface area (Å²) in [7, 11) is 0. The quantitative estimate of drug-likeness (QED) is 0.810. The van der Waals surface area contributed by atoms with Crippen molar-refractivity contribution in [3.8, 4) is 0 Å². The number of aliphatic carboxylic acids is 1. The van der Waals surface area contributed by atoms with E-state index in [0.29, 0.717) is 26.2 Å². The lowest BCUT2D eigenvalue weighted by Crippen LogP contribution is -2.47. The van der Waals surface area contributed by atoms with E-state index in [2.05, 4.69) is 0 Å². The van der Waals surface area contributed by atoms with Crippen molar-refractivity contribution < 1.29 is 19.8 Å². The van der Waals surface area contributed by atoms with Crippen LogP contribution >= 0.6 is 0 Å². The molecule has 2 aliphatic rings. The SMILES string of the molecule is CC(O)C1CCN(C(=O)N2CCC(CC(=O)O)C2)CC1. The minimum atomic E-state index is -0.790. The summed E-state index contributed by atoms with van der Waals surface area (Å²) in [5.74, 6) is -0.411. The molecule has 2 aliphatic heterocycles. The van der Waals surface area contributed by atoms with Crippen LogP contribution in [0.1, 0.15) is 32.6 Å². The van der Waals surface area contributed by atoms with Crippen molar-refractivity contribution in [1.29, 1.82) is 0 Å². The molecule has 0 spiro atoms. The molecule has 114 valence electrons. The van der Waals surface area contributed by atoms with Crippen molar-refractivity contribution in [1.82, 2.24) is 9.80 Å². The van der Waals surface area contributed by atoms with Crippen LogP contribution < -0.4 is 0 Å². The van der Waals surface area contributed by atoms with E-state index in [4.69, 9.17) is 5.11 Å². The number of rotatable bonds is 3. The molecule has 0 aromatic carbocycles. The number of hydrogen-bond acceptors (Lipinski definition) is 3. The van der Waals surface area contributed by atoms with Gasteiger partial charge >= 0.3 is 12.0 Å². The van der Waals surface area contributed by atoms with E-state index in [9.17, 15) is 14.7 Å². The van der Waals surface area contributed by atoms with Gasteiger partial charge < -0.3 is 20.0 Å². The zero-order chi connectivity index (χ0) is 14.7. The van der Waals surface area contributed by atoms with Gasteiger partial charge in [0.15, 0.2) is 0 Å². The van der Waals surface area contributed by atoms with E-state index in [1.807, 2.05) is 4.90 Å². The number of carbonyl (C=O) groups is 2. The molecule has 0 aromatic rings. The first-order chi connectivity index (χ1) is 9.47. The average molecular weight is 284 g/mol. The molecular weight excluding hydrogens is 260 g/mol. The van der Waals surface area contributed by atoms with Crippen LogP contribution in [-0.4, -0.2) is 64.3 Å². The smallest absolute Gasteiger partial charge is 0.320 e. The number of carboxylic acids is 1. The van der Waals surface area contributed by atoms with Gasteiger partial charge in [-0.05, 0) is 38.0 Å². The minimum Gasteiger partial charge on any atom is -0.481 e. The number of nitrogens with zero attached hydrogens (tertiary/aromatic N) is 2. The molecule has 2 amide bonds. The highest BCUT2D eigenvalue weighted by molar-refractivity contribution is 5.75. The first-order valence-electron chi connectivity index (χ1n) is 7.41. The Kier molecular flexibility index (Phi) is 4.86. The van der Waals surface area contributed by atoms with Crippen LogP contribution in [-0.2, 0) is 4.79 Å². The fourth-order valence-electron chi connectivity index (χ4n) is 3.19. The molecule has 2 atom stereocenters. The Morgan fingerprint density at radius 1 is 1.15 bits per heavy atom. The van der Waals surface area contributed by atoms with Crippen LogP contribution in [0.5, 0.6) is 0 Å². The number of piperidine rings is 1. The second-order valence-corrected chi connectivity index (χ2v) is 6.05. The monoisotopic (exact) mass is 284 g/mol. The fourth-order valence-corrected chi connectivity index (χ4v) is 3.19. The van der Waals surface area contributed by atoms with Gasteiger partial charge in [0, 0.05) is 32.6 Å². The predicted octanol–water partition coefficient (Wildman–Crippen LogP) is 0.996. The molecule has 0 radical (unpaired) electrons. The van der Waals surface area contributed by atoms with Crippen molar-refractivity contribution in [2.75, 3.05) is 26.2 Å². The van der Waals surface area contributed by atoms with E-state index >= 15 is 0 Å². The lowest BCUT2D eigenvalue weighted by molar-refractivity contribution is -0.138. The summed E-state index contributed by atoms with van der Waals surface area (Å²) in [5.41, 5.74) is 0. The highest BCUT2D eigenvalue weighted by Gasteiger charge is 2.32. The van der Waals surface area contributed by atoms with Crippen LogP contribution in [0, 0.1) is 11.8 Å². The van der Waals surface area contributed by atoms with Gasteiger partial charge in [0.1, 0.15) is 0 Å². The second-order valence-electron chi connectivity index (χ2n) is 6.05. The molecule has 2 fully saturated rings. The van der Waals surface area contributed by atoms with Crippen molar-refractivity contribution in [3.05, 3.63) is 0 Å². The predicted molar refractivity (Wildman–Crippen MR) is 73.3 cm³/mol. The molecule has 2 heterocycles. The number of carbonyl (C=O) groups excluding carboxylic acids is 1. The molecule has 2 saturated heterocycles. The summed E-state index contributed by atoms with van der Waals surface area (Å²) in [6.07, 6.45) is 2.31. The Hall–Kier alpha value is -1.30. The fraction of sp³-hybridized carbons (Fsp3) is 0.857. The standard InChI is InChI=1S/C14H24N2O4/c1-10(17)12-3-6-15(7-4-12)14(20)16-5-2-11(9-16)8-13(18)19/h10-12,17H,2-9H2,1H3,(H,18,19). The molecular formula is C14H24N2O4. The number of amides is 2. The summed E-state index contributed by atoms with van der Waals surface area (Å²) in [6, 6.07) is 0.0296. The van der Waals surface area contributed by atoms with E-state index in [0.717, 1.165) is 19.3 Å². The molecule has 2 unspecified atom stereocenters. The molecule has 20 heavy (non-hydrogen) atoms. The van der Waals surface area contributed by atoms with Gasteiger partial charge in [-0.2, -0.15) is 0 Å². The molecule has 0 bridgehead atoms. The van der Waals surface area contributed by atoms with Gasteiger partial charge in [0.2, 0.25) is 0 Å². The third-order valence-corrected chi connectivity index (χ3v) is 4.51. The number of aliphatic hydroxyl groups excluding tert-OH is 1. The van der Waals surface area contributed by atoms with Crippen molar-refractivity contribution in [2.45, 2.75) is 38.7 Å².